The molecule has 1 aromatic carbocycles. The fourth-order valence-electron chi connectivity index (χ4n) is 2.12. The molecule has 0 atom stereocenters. The van der Waals surface area contributed by atoms with E-state index in [1.165, 1.54) is 11.1 Å². The van der Waals surface area contributed by atoms with Crippen LogP contribution in [0.25, 0.3) is 0 Å². The zero-order valence-corrected chi connectivity index (χ0v) is 15.8. The summed E-state index contributed by atoms with van der Waals surface area (Å²) < 4.78 is 1.15. The van der Waals surface area contributed by atoms with Crippen LogP contribution < -0.4 is 0 Å². The maximum absolute atomic E-state index is 6.10. The second kappa shape index (κ2) is 8.28. The molecule has 0 radical (unpaired) electrons. The first-order valence-corrected chi connectivity index (χ1v) is 8.30. The van der Waals surface area contributed by atoms with E-state index in [1.807, 2.05) is 0 Å². The van der Waals surface area contributed by atoms with Crippen molar-refractivity contribution in [2.24, 2.45) is 0 Å². The van der Waals surface area contributed by atoms with Crippen molar-refractivity contribution in [2.75, 3.05) is 27.2 Å². The van der Waals surface area contributed by atoms with Crippen molar-refractivity contribution in [3.63, 3.8) is 0 Å². The molecule has 1 aromatic rings. The number of aryl methyl sites for hydroxylation is 1. The van der Waals surface area contributed by atoms with Crippen molar-refractivity contribution in [3.8, 4) is 0 Å². The van der Waals surface area contributed by atoms with Gasteiger partial charge in [-0.15, -0.1) is 0 Å². The third-order valence-corrected chi connectivity index (χ3v) is 3.89. The van der Waals surface area contributed by atoms with Gasteiger partial charge in [-0.1, -0.05) is 28.1 Å². The molecule has 120 valence electrons. The van der Waals surface area contributed by atoms with Crippen LogP contribution in [0.1, 0.15) is 38.3 Å². The third kappa shape index (κ3) is 7.96. The molecule has 0 saturated heterocycles. The first kappa shape index (κ1) is 18.6. The van der Waals surface area contributed by atoms with E-state index in [2.05, 4.69) is 85.9 Å². The number of hydroxylamine groups is 2. The van der Waals surface area contributed by atoms with Crippen LogP contribution in [-0.2, 0) is 11.4 Å². The van der Waals surface area contributed by atoms with Crippen molar-refractivity contribution in [3.05, 3.63) is 33.8 Å². The molecule has 0 aliphatic heterocycles. The standard InChI is InChI=1S/C17H29BrN2O/c1-14-12-15(8-9-16(14)18)13-20(21-17(2,3)4)11-7-10-19(5)6/h8-9,12H,7,10-11,13H2,1-6H3. The molecule has 0 N–H and O–H groups in total. The van der Waals surface area contributed by atoms with E-state index < -0.39 is 0 Å². The summed E-state index contributed by atoms with van der Waals surface area (Å²) in [7, 11) is 4.21. The van der Waals surface area contributed by atoms with Crippen molar-refractivity contribution >= 4 is 15.9 Å². The van der Waals surface area contributed by atoms with Gasteiger partial charge in [0.1, 0.15) is 0 Å². The Hall–Kier alpha value is -0.420. The van der Waals surface area contributed by atoms with Crippen molar-refractivity contribution in [2.45, 2.75) is 46.3 Å². The van der Waals surface area contributed by atoms with Gasteiger partial charge in [0.25, 0.3) is 0 Å². The lowest BCUT2D eigenvalue weighted by Crippen LogP contribution is -2.35. The summed E-state index contributed by atoms with van der Waals surface area (Å²) in [5.74, 6) is 0. The van der Waals surface area contributed by atoms with Crippen LogP contribution in [0.2, 0.25) is 0 Å². The van der Waals surface area contributed by atoms with Crippen LogP contribution >= 0.6 is 15.9 Å². The van der Waals surface area contributed by atoms with Gasteiger partial charge in [-0.25, -0.2) is 0 Å². The molecule has 0 unspecified atom stereocenters. The molecule has 0 bridgehead atoms. The van der Waals surface area contributed by atoms with Crippen LogP contribution in [0.3, 0.4) is 0 Å². The first-order valence-electron chi connectivity index (χ1n) is 7.51. The molecule has 0 aliphatic rings. The highest BCUT2D eigenvalue weighted by Gasteiger charge is 2.17. The molecule has 0 saturated carbocycles. The van der Waals surface area contributed by atoms with E-state index in [9.17, 15) is 0 Å². The van der Waals surface area contributed by atoms with Crippen LogP contribution in [0.5, 0.6) is 0 Å². The summed E-state index contributed by atoms with van der Waals surface area (Å²) >= 11 is 3.55. The second-order valence-corrected chi connectivity index (χ2v) is 7.66. The van der Waals surface area contributed by atoms with Crippen molar-refractivity contribution in [1.82, 2.24) is 9.96 Å². The van der Waals surface area contributed by atoms with Gasteiger partial charge in [0.2, 0.25) is 0 Å². The summed E-state index contributed by atoms with van der Waals surface area (Å²) in [5, 5.41) is 2.09. The summed E-state index contributed by atoms with van der Waals surface area (Å²) in [5.41, 5.74) is 2.38. The number of hydrogen-bond acceptors (Lipinski definition) is 3. The third-order valence-electron chi connectivity index (χ3n) is 3.00. The maximum atomic E-state index is 6.10. The van der Waals surface area contributed by atoms with Crippen LogP contribution in [-0.4, -0.2) is 42.7 Å². The zero-order chi connectivity index (χ0) is 16.0. The van der Waals surface area contributed by atoms with Crippen LogP contribution in [0.4, 0.5) is 0 Å². The molecule has 1 rings (SSSR count). The van der Waals surface area contributed by atoms with Crippen LogP contribution in [0.15, 0.2) is 22.7 Å². The van der Waals surface area contributed by atoms with Crippen molar-refractivity contribution < 1.29 is 4.84 Å². The highest BCUT2D eigenvalue weighted by Crippen LogP contribution is 2.20. The molecule has 21 heavy (non-hydrogen) atoms. The van der Waals surface area contributed by atoms with E-state index in [0.29, 0.717) is 0 Å². The van der Waals surface area contributed by atoms with E-state index in [0.717, 1.165) is 30.5 Å². The Morgan fingerprint density at radius 1 is 1.14 bits per heavy atom. The van der Waals surface area contributed by atoms with Gasteiger partial charge in [0.15, 0.2) is 0 Å². The van der Waals surface area contributed by atoms with E-state index in [1.54, 1.807) is 0 Å². The van der Waals surface area contributed by atoms with Gasteiger partial charge < -0.3 is 4.90 Å². The molecular formula is C17H29BrN2O. The van der Waals surface area contributed by atoms with Gasteiger partial charge in [-0.05, 0) is 71.9 Å². The highest BCUT2D eigenvalue weighted by atomic mass is 79.9. The van der Waals surface area contributed by atoms with E-state index >= 15 is 0 Å². The SMILES string of the molecule is Cc1cc(CN(CCCN(C)C)OC(C)(C)C)ccc1Br. The molecule has 0 aromatic heterocycles. The highest BCUT2D eigenvalue weighted by molar-refractivity contribution is 9.10. The summed E-state index contributed by atoms with van der Waals surface area (Å²) in [6, 6.07) is 6.48. The Kier molecular flexibility index (Phi) is 7.34. The summed E-state index contributed by atoms with van der Waals surface area (Å²) in [6.07, 6.45) is 1.10. The largest absolute Gasteiger partial charge is 0.309 e. The van der Waals surface area contributed by atoms with Gasteiger partial charge >= 0.3 is 0 Å². The number of nitrogens with zero attached hydrogens (tertiary/aromatic N) is 2. The number of rotatable bonds is 7. The Morgan fingerprint density at radius 3 is 2.33 bits per heavy atom. The Morgan fingerprint density at radius 2 is 1.81 bits per heavy atom. The topological polar surface area (TPSA) is 15.7 Å². The van der Waals surface area contributed by atoms with Gasteiger partial charge in [0.05, 0.1) is 5.60 Å². The molecule has 0 amide bonds. The number of hydrogen-bond donors (Lipinski definition) is 0. The molecule has 4 heteroatoms. The second-order valence-electron chi connectivity index (χ2n) is 6.81. The fourth-order valence-corrected chi connectivity index (χ4v) is 2.36. The molecule has 0 fully saturated rings. The quantitative estimate of drug-likeness (QED) is 0.679. The Labute approximate surface area is 138 Å². The van der Waals surface area contributed by atoms with Gasteiger partial charge in [-0.3, -0.25) is 4.84 Å². The maximum Gasteiger partial charge on any atom is 0.0816 e. The lowest BCUT2D eigenvalue weighted by molar-refractivity contribution is -0.235. The minimum absolute atomic E-state index is 0.164. The molecule has 0 aliphatic carbocycles. The molecule has 0 spiro atoms. The Bertz CT molecular complexity index is 441. The number of halogens is 1. The summed E-state index contributed by atoms with van der Waals surface area (Å²) in [6.45, 7) is 11.2. The van der Waals surface area contributed by atoms with Gasteiger partial charge in [0, 0.05) is 17.6 Å². The predicted octanol–water partition coefficient (Wildman–Crippen LogP) is 4.24. The summed E-state index contributed by atoms with van der Waals surface area (Å²) in [4.78, 5) is 8.30. The minimum atomic E-state index is -0.164. The zero-order valence-electron chi connectivity index (χ0n) is 14.2. The average Bonchev–Trinajstić information content (AvgIpc) is 2.31. The fraction of sp³-hybridized carbons (Fsp3) is 0.647. The lowest BCUT2D eigenvalue weighted by Gasteiger charge is -2.30. The molecule has 3 nitrogen and oxygen atoms in total. The predicted molar refractivity (Wildman–Crippen MR) is 93.3 cm³/mol. The van der Waals surface area contributed by atoms with E-state index in [4.69, 9.17) is 4.84 Å². The number of benzene rings is 1. The van der Waals surface area contributed by atoms with E-state index in [-0.39, 0.29) is 5.60 Å². The van der Waals surface area contributed by atoms with Gasteiger partial charge in [-0.2, -0.15) is 5.06 Å². The monoisotopic (exact) mass is 356 g/mol. The van der Waals surface area contributed by atoms with Crippen LogP contribution in [0, 0.1) is 6.92 Å². The molecule has 0 heterocycles. The first-order chi connectivity index (χ1) is 9.67. The minimum Gasteiger partial charge on any atom is -0.309 e. The smallest absolute Gasteiger partial charge is 0.0816 e. The Balaban J connectivity index is 2.68. The normalized spacial score (nSPS) is 12.4. The van der Waals surface area contributed by atoms with Crippen molar-refractivity contribution in [1.29, 1.82) is 0 Å². The average molecular weight is 357 g/mol. The molecular weight excluding hydrogens is 328 g/mol. The lowest BCUT2D eigenvalue weighted by atomic mass is 10.1.